The van der Waals surface area contributed by atoms with E-state index in [1.807, 2.05) is 24.3 Å². The number of fused-ring (bicyclic) bond motifs is 26. The quantitative estimate of drug-likeness (QED) is 0.165. The van der Waals surface area contributed by atoms with Crippen molar-refractivity contribution in [1.29, 1.82) is 0 Å². The number of carbonyl (C=O) groups is 2. The second-order valence-electron chi connectivity index (χ2n) is 23.7. The lowest BCUT2D eigenvalue weighted by atomic mass is 9.70. The van der Waals surface area contributed by atoms with E-state index < -0.39 is 10.8 Å². The number of carbonyl (C=O) groups excluding carboxylic acids is 2. The Balaban J connectivity index is 0.719. The zero-order valence-electron chi connectivity index (χ0n) is 43.8. The highest BCUT2D eigenvalue weighted by atomic mass is 16.1. The summed E-state index contributed by atoms with van der Waals surface area (Å²) in [7, 11) is 0. The second-order valence-corrected chi connectivity index (χ2v) is 23.7. The van der Waals surface area contributed by atoms with E-state index in [2.05, 4.69) is 234 Å². The van der Waals surface area contributed by atoms with Crippen molar-refractivity contribution in [3.8, 4) is 66.8 Å². The van der Waals surface area contributed by atoms with Crippen LogP contribution in [0.25, 0.3) is 66.8 Å². The lowest BCUT2D eigenvalue weighted by molar-refractivity contribution is 0.103. The molecule has 2 nitrogen and oxygen atoms in total. The van der Waals surface area contributed by atoms with Gasteiger partial charge >= 0.3 is 0 Å². The average Bonchev–Trinajstić information content (AvgIpc) is 3.30. The molecule has 0 aliphatic heterocycles. The van der Waals surface area contributed by atoms with Crippen molar-refractivity contribution < 1.29 is 9.59 Å². The highest BCUT2D eigenvalue weighted by Gasteiger charge is 2.53. The van der Waals surface area contributed by atoms with Crippen LogP contribution in [0.5, 0.6) is 0 Å². The van der Waals surface area contributed by atoms with Gasteiger partial charge in [0.2, 0.25) is 0 Å². The summed E-state index contributed by atoms with van der Waals surface area (Å²) in [6.07, 6.45) is 0. The first-order valence-corrected chi connectivity index (χ1v) is 27.5. The smallest absolute Gasteiger partial charge is 0.193 e. The van der Waals surface area contributed by atoms with Crippen LogP contribution >= 0.6 is 0 Å². The Morgan fingerprint density at radius 3 is 0.692 bits per heavy atom. The molecular formula is C76H50O2. The van der Waals surface area contributed by atoms with Crippen molar-refractivity contribution >= 4 is 11.6 Å². The molecule has 0 fully saturated rings. The predicted molar refractivity (Wildman–Crippen MR) is 314 cm³/mol. The second kappa shape index (κ2) is 14.8. The van der Waals surface area contributed by atoms with E-state index in [1.165, 1.54) is 134 Å². The molecule has 2 spiro atoms. The van der Waals surface area contributed by atoms with Crippen molar-refractivity contribution in [2.24, 2.45) is 0 Å². The average molecular weight is 995 g/mol. The Labute approximate surface area is 454 Å². The molecule has 11 aromatic carbocycles. The van der Waals surface area contributed by atoms with Gasteiger partial charge in [0.05, 0.1) is 10.8 Å². The fraction of sp³-hybridized carbons (Fsp3) is 0.105. The molecule has 0 N–H and O–H groups in total. The van der Waals surface area contributed by atoms with E-state index in [9.17, 15) is 0 Å². The standard InChI is InChI=1S/C76H50O2/c1-73(2)65-37-43(71(77)45-29-33-53-51-21-9-15-27-63(51)75(69(53)39-45)59-23-11-5-17-47(59)48-18-6-12-24-60(48)75)31-35-55(65)57-42-68-58(41-67(57)73)56-36-32-44(38-66(56)74(68,3)4)72(78)46-30-34-54-52-22-10-16-28-64(52)76(70(54)40-46)61-25-13-7-19-49(61)50-20-8-14-26-62(50)76/h5-42H,1-4H3. The van der Waals surface area contributed by atoms with Crippen molar-refractivity contribution in [1.82, 2.24) is 0 Å². The summed E-state index contributed by atoms with van der Waals surface area (Å²) < 4.78 is 0. The van der Waals surface area contributed by atoms with Crippen molar-refractivity contribution in [2.45, 2.75) is 49.4 Å². The topological polar surface area (TPSA) is 34.1 Å². The zero-order valence-corrected chi connectivity index (χ0v) is 43.8. The summed E-state index contributed by atoms with van der Waals surface area (Å²) in [5.74, 6) is 0.0549. The molecule has 0 saturated heterocycles. The van der Waals surface area contributed by atoms with Crippen LogP contribution in [0, 0.1) is 0 Å². The number of hydrogen-bond donors (Lipinski definition) is 0. The first-order chi connectivity index (χ1) is 38.0. The molecule has 0 aromatic heterocycles. The Kier molecular flexibility index (Phi) is 8.35. The van der Waals surface area contributed by atoms with Crippen LogP contribution in [0.2, 0.25) is 0 Å². The third kappa shape index (κ3) is 5.15. The van der Waals surface area contributed by atoms with Gasteiger partial charge in [0.25, 0.3) is 0 Å². The van der Waals surface area contributed by atoms with Gasteiger partial charge in [-0.15, -0.1) is 0 Å². The Hall–Kier alpha value is -9.24. The number of rotatable bonds is 4. The molecule has 6 aliphatic carbocycles. The summed E-state index contributed by atoms with van der Waals surface area (Å²) in [5.41, 5.74) is 30.4. The molecule has 78 heavy (non-hydrogen) atoms. The number of benzene rings is 11. The van der Waals surface area contributed by atoms with Gasteiger partial charge in [0.1, 0.15) is 0 Å². The molecule has 0 radical (unpaired) electrons. The monoisotopic (exact) mass is 994 g/mol. The van der Waals surface area contributed by atoms with E-state index in [0.717, 1.165) is 0 Å². The van der Waals surface area contributed by atoms with Crippen LogP contribution in [0.15, 0.2) is 231 Å². The lowest BCUT2D eigenvalue weighted by Gasteiger charge is -2.30. The minimum atomic E-state index is -0.517. The largest absolute Gasteiger partial charge is 0.289 e. The summed E-state index contributed by atoms with van der Waals surface area (Å²) in [4.78, 5) is 30.1. The van der Waals surface area contributed by atoms with Crippen LogP contribution < -0.4 is 0 Å². The van der Waals surface area contributed by atoms with Gasteiger partial charge in [-0.25, -0.2) is 0 Å². The van der Waals surface area contributed by atoms with Gasteiger partial charge in [-0.2, -0.15) is 0 Å². The van der Waals surface area contributed by atoms with Gasteiger partial charge in [0, 0.05) is 33.1 Å². The maximum atomic E-state index is 15.1. The van der Waals surface area contributed by atoms with E-state index in [1.54, 1.807) is 0 Å². The van der Waals surface area contributed by atoms with E-state index in [0.29, 0.717) is 22.3 Å². The van der Waals surface area contributed by atoms with E-state index in [-0.39, 0.29) is 22.4 Å². The summed E-state index contributed by atoms with van der Waals surface area (Å²) in [6.45, 7) is 9.20. The molecule has 0 saturated carbocycles. The van der Waals surface area contributed by atoms with E-state index in [4.69, 9.17) is 0 Å². The molecule has 0 unspecified atom stereocenters. The van der Waals surface area contributed by atoms with Gasteiger partial charge < -0.3 is 0 Å². The normalized spacial score (nSPS) is 15.9. The predicted octanol–water partition coefficient (Wildman–Crippen LogP) is 17.4. The fourth-order valence-electron chi connectivity index (χ4n) is 16.1. The van der Waals surface area contributed by atoms with Crippen LogP contribution in [0.4, 0.5) is 0 Å². The Morgan fingerprint density at radius 2 is 0.423 bits per heavy atom. The van der Waals surface area contributed by atoms with Crippen molar-refractivity contribution in [3.63, 3.8) is 0 Å². The highest BCUT2D eigenvalue weighted by molar-refractivity contribution is 6.12. The third-order valence-corrected chi connectivity index (χ3v) is 19.5. The maximum Gasteiger partial charge on any atom is 0.193 e. The molecule has 17 rings (SSSR count). The minimum absolute atomic E-state index is 0.0274. The first-order valence-electron chi connectivity index (χ1n) is 27.5. The van der Waals surface area contributed by atoms with Gasteiger partial charge in [-0.05, 0) is 170 Å². The molecule has 2 heteroatoms. The van der Waals surface area contributed by atoms with Gasteiger partial charge in [0.15, 0.2) is 11.6 Å². The molecule has 0 atom stereocenters. The van der Waals surface area contributed by atoms with Crippen LogP contribution in [-0.2, 0) is 21.7 Å². The van der Waals surface area contributed by atoms with Crippen molar-refractivity contribution in [3.05, 3.63) is 320 Å². The molecule has 366 valence electrons. The summed E-state index contributed by atoms with van der Waals surface area (Å²) >= 11 is 0. The van der Waals surface area contributed by atoms with Crippen LogP contribution in [-0.4, -0.2) is 11.6 Å². The first kappa shape index (κ1) is 43.9. The van der Waals surface area contributed by atoms with E-state index >= 15 is 9.59 Å². The molecule has 11 aromatic rings. The van der Waals surface area contributed by atoms with Crippen molar-refractivity contribution in [2.75, 3.05) is 0 Å². The Bertz CT molecular complexity index is 4190. The molecular weight excluding hydrogens is 945 g/mol. The lowest BCUT2D eigenvalue weighted by Crippen LogP contribution is -2.26. The fourth-order valence-corrected chi connectivity index (χ4v) is 16.1. The minimum Gasteiger partial charge on any atom is -0.289 e. The summed E-state index contributed by atoms with van der Waals surface area (Å²) in [5, 5.41) is 0. The molecule has 0 heterocycles. The third-order valence-electron chi connectivity index (χ3n) is 19.5. The highest BCUT2D eigenvalue weighted by Crippen LogP contribution is 2.65. The summed E-state index contributed by atoms with van der Waals surface area (Å²) in [6, 6.07) is 83.3. The zero-order chi connectivity index (χ0) is 52.2. The molecule has 0 bridgehead atoms. The van der Waals surface area contributed by atoms with Crippen LogP contribution in [0.3, 0.4) is 0 Å². The SMILES string of the molecule is CC1(C)c2cc(C(=O)c3ccc4c(c3)C3(c5ccccc5-c5ccccc53)c3ccccc3-4)ccc2-c2cc3c(cc21)-c1ccc(C(=O)c2ccc4c(c2)C2(c5ccccc5-c5ccccc52)c2ccccc2-4)cc1C3(C)C. The van der Waals surface area contributed by atoms with Crippen LogP contribution in [0.1, 0.15) is 126 Å². The Morgan fingerprint density at radius 1 is 0.218 bits per heavy atom. The molecule has 0 amide bonds. The van der Waals surface area contributed by atoms with Gasteiger partial charge in [-0.3, -0.25) is 9.59 Å². The maximum absolute atomic E-state index is 15.1. The molecule has 6 aliphatic rings. The number of hydrogen-bond acceptors (Lipinski definition) is 2. The van der Waals surface area contributed by atoms with Gasteiger partial charge in [-0.1, -0.05) is 222 Å². The number of ketones is 2.